The Hall–Kier alpha value is -8.72. The van der Waals surface area contributed by atoms with E-state index < -0.39 is 0 Å². The van der Waals surface area contributed by atoms with Gasteiger partial charge in [0.15, 0.2) is 0 Å². The molecule has 10 aromatic carbocycles. The molecule has 0 aliphatic carbocycles. The summed E-state index contributed by atoms with van der Waals surface area (Å²) >= 11 is 0. The highest BCUT2D eigenvalue weighted by atomic mass is 15.1. The molecule has 2 nitrogen and oxygen atoms in total. The molecular weight excluding hydrogens is 797 g/mol. The van der Waals surface area contributed by atoms with E-state index in [4.69, 9.17) is 0 Å². The fraction of sp³-hybridized carbons (Fsp3) is 0. The summed E-state index contributed by atoms with van der Waals surface area (Å²) in [5.41, 5.74) is 20.2. The molecule has 310 valence electrons. The molecule has 0 bridgehead atoms. The van der Waals surface area contributed by atoms with Gasteiger partial charge in [0.1, 0.15) is 0 Å². The van der Waals surface area contributed by atoms with E-state index in [2.05, 4.69) is 276 Å². The van der Waals surface area contributed by atoms with E-state index in [1.165, 1.54) is 94.0 Å². The van der Waals surface area contributed by atoms with Crippen LogP contribution in [0, 0.1) is 0 Å². The molecule has 0 amide bonds. The van der Waals surface area contributed by atoms with E-state index in [1.54, 1.807) is 0 Å². The van der Waals surface area contributed by atoms with Gasteiger partial charge in [-0.1, -0.05) is 212 Å². The van der Waals surface area contributed by atoms with Crippen LogP contribution in [0.2, 0.25) is 0 Å². The lowest BCUT2D eigenvalue weighted by Crippen LogP contribution is -2.09. The summed E-state index contributed by atoms with van der Waals surface area (Å²) < 4.78 is 2.37. The Bertz CT molecular complexity index is 3630. The molecule has 0 N–H and O–H groups in total. The maximum atomic E-state index is 2.37. The van der Waals surface area contributed by atoms with Crippen LogP contribution in [-0.2, 0) is 0 Å². The lowest BCUT2D eigenvalue weighted by atomic mass is 9.93. The van der Waals surface area contributed by atoms with Gasteiger partial charge in [0.2, 0.25) is 0 Å². The third-order valence-electron chi connectivity index (χ3n) is 13.0. The smallest absolute Gasteiger partial charge is 0.0619 e. The molecule has 12 rings (SSSR count). The lowest BCUT2D eigenvalue weighted by molar-refractivity contribution is 1.27. The topological polar surface area (TPSA) is 7.65 Å². The Labute approximate surface area is 385 Å². The second-order valence-electron chi connectivity index (χ2n) is 16.9. The predicted octanol–water partition coefficient (Wildman–Crippen LogP) is 17.7. The molecular formula is C64H44N2. The Balaban J connectivity index is 0.903. The van der Waals surface area contributed by atoms with Crippen molar-refractivity contribution in [3.63, 3.8) is 0 Å². The zero-order valence-electron chi connectivity index (χ0n) is 36.3. The summed E-state index contributed by atoms with van der Waals surface area (Å²) in [7, 11) is 0. The predicted molar refractivity (Wildman–Crippen MR) is 280 cm³/mol. The molecule has 0 atom stereocenters. The van der Waals surface area contributed by atoms with Gasteiger partial charge < -0.3 is 9.30 Å². The van der Waals surface area contributed by atoms with Gasteiger partial charge in [-0.25, -0.2) is 0 Å². The van der Waals surface area contributed by atoms with E-state index in [0.717, 1.165) is 17.1 Å². The molecule has 2 aromatic heterocycles. The Kier molecular flexibility index (Phi) is 9.89. The molecule has 0 saturated heterocycles. The minimum Gasteiger partial charge on any atom is -0.315 e. The highest BCUT2D eigenvalue weighted by molar-refractivity contribution is 6.18. The maximum absolute atomic E-state index is 2.37. The summed E-state index contributed by atoms with van der Waals surface area (Å²) in [6.07, 6.45) is 2.23. The summed E-state index contributed by atoms with van der Waals surface area (Å²) in [5, 5.41) is 3.76. The number of benzene rings is 10. The fourth-order valence-electron chi connectivity index (χ4n) is 9.84. The minimum atomic E-state index is 1.09. The Morgan fingerprint density at radius 3 is 1.24 bits per heavy atom. The van der Waals surface area contributed by atoms with Gasteiger partial charge in [-0.3, -0.25) is 0 Å². The highest BCUT2D eigenvalue weighted by Crippen LogP contribution is 2.44. The van der Waals surface area contributed by atoms with E-state index in [9.17, 15) is 0 Å². The van der Waals surface area contributed by atoms with Crippen LogP contribution in [0.5, 0.6) is 0 Å². The zero-order chi connectivity index (χ0) is 43.8. The average molecular weight is 841 g/mol. The number of pyridine rings is 1. The van der Waals surface area contributed by atoms with Crippen molar-refractivity contribution in [1.82, 2.24) is 4.40 Å². The van der Waals surface area contributed by atoms with Crippen LogP contribution in [0.25, 0.3) is 94.0 Å². The van der Waals surface area contributed by atoms with Crippen LogP contribution in [0.3, 0.4) is 0 Å². The molecule has 2 heteroatoms. The second-order valence-corrected chi connectivity index (χ2v) is 16.9. The normalized spacial score (nSPS) is 11.3. The van der Waals surface area contributed by atoms with Gasteiger partial charge in [0, 0.05) is 39.6 Å². The number of anilines is 3. The first-order valence-electron chi connectivity index (χ1n) is 22.7. The summed E-state index contributed by atoms with van der Waals surface area (Å²) in [6, 6.07) is 94.4. The first-order valence-corrected chi connectivity index (χ1v) is 22.7. The van der Waals surface area contributed by atoms with Crippen molar-refractivity contribution in [2.45, 2.75) is 0 Å². The largest absolute Gasteiger partial charge is 0.315 e. The molecule has 12 aromatic rings. The summed E-state index contributed by atoms with van der Waals surface area (Å²) in [5.74, 6) is 0. The van der Waals surface area contributed by atoms with Crippen molar-refractivity contribution in [3.05, 3.63) is 267 Å². The fourth-order valence-corrected chi connectivity index (χ4v) is 9.84. The highest BCUT2D eigenvalue weighted by Gasteiger charge is 2.20. The van der Waals surface area contributed by atoms with Crippen LogP contribution < -0.4 is 4.90 Å². The van der Waals surface area contributed by atoms with Crippen molar-refractivity contribution in [3.8, 4) is 66.8 Å². The molecule has 0 fully saturated rings. The summed E-state index contributed by atoms with van der Waals surface area (Å²) in [6.45, 7) is 0. The maximum Gasteiger partial charge on any atom is 0.0619 e. The monoisotopic (exact) mass is 840 g/mol. The van der Waals surface area contributed by atoms with Gasteiger partial charge in [-0.2, -0.15) is 0 Å². The number of hydrogen-bond donors (Lipinski definition) is 0. The molecule has 0 aliphatic rings. The quantitative estimate of drug-likeness (QED) is 0.140. The SMILES string of the molecule is c1ccc(-c2ccc(N(c3ccc(-c4ccc(-c5cccc6c5c(-c5ccccc5)c5c7ccccc7ccn65)cc4)cc3)c3ccc(-c4ccccc4-c4ccccc4)cc3)cc2)cc1. The van der Waals surface area contributed by atoms with Crippen molar-refractivity contribution in [1.29, 1.82) is 0 Å². The van der Waals surface area contributed by atoms with E-state index in [0.29, 0.717) is 0 Å². The minimum absolute atomic E-state index is 1.09. The summed E-state index contributed by atoms with van der Waals surface area (Å²) in [4.78, 5) is 2.35. The third-order valence-corrected chi connectivity index (χ3v) is 13.0. The molecule has 0 saturated carbocycles. The van der Waals surface area contributed by atoms with Crippen molar-refractivity contribution < 1.29 is 0 Å². The van der Waals surface area contributed by atoms with Crippen LogP contribution in [-0.4, -0.2) is 4.40 Å². The molecule has 0 spiro atoms. The second kappa shape index (κ2) is 16.8. The van der Waals surface area contributed by atoms with Gasteiger partial charge in [-0.05, 0) is 115 Å². The zero-order valence-corrected chi connectivity index (χ0v) is 36.3. The van der Waals surface area contributed by atoms with Crippen molar-refractivity contribution >= 4 is 44.3 Å². The number of fused-ring (bicyclic) bond motifs is 5. The number of hydrogen-bond acceptors (Lipinski definition) is 1. The van der Waals surface area contributed by atoms with Gasteiger partial charge in [0.05, 0.1) is 11.0 Å². The molecule has 0 radical (unpaired) electrons. The first kappa shape index (κ1) is 38.9. The molecule has 0 aliphatic heterocycles. The first-order chi connectivity index (χ1) is 32.7. The van der Waals surface area contributed by atoms with Crippen molar-refractivity contribution in [2.24, 2.45) is 0 Å². The lowest BCUT2D eigenvalue weighted by Gasteiger charge is -2.26. The van der Waals surface area contributed by atoms with Gasteiger partial charge in [-0.15, -0.1) is 0 Å². The van der Waals surface area contributed by atoms with Crippen molar-refractivity contribution in [2.75, 3.05) is 4.90 Å². The standard InChI is InChI=1S/C64H44N2/c1-4-15-45(16-5-1)47-31-37-54(38-32-47)66(56-41-35-51(36-42-56)58-23-13-12-22-57(58)49-17-6-2-7-18-49)55-39-33-48(34-40-55)46-27-29-52(30-28-46)59-25-14-26-61-63(59)62(53-20-8-3-9-21-53)64-60-24-11-10-19-50(60)43-44-65(61)64/h1-44H. The van der Waals surface area contributed by atoms with Crippen LogP contribution >= 0.6 is 0 Å². The average Bonchev–Trinajstić information content (AvgIpc) is 3.75. The van der Waals surface area contributed by atoms with E-state index in [-0.39, 0.29) is 0 Å². The number of aromatic nitrogens is 1. The van der Waals surface area contributed by atoms with Crippen LogP contribution in [0.15, 0.2) is 267 Å². The van der Waals surface area contributed by atoms with Crippen LogP contribution in [0.4, 0.5) is 17.1 Å². The Morgan fingerprint density at radius 2 is 0.667 bits per heavy atom. The third kappa shape index (κ3) is 7.02. The van der Waals surface area contributed by atoms with Gasteiger partial charge >= 0.3 is 0 Å². The number of nitrogens with zero attached hydrogens (tertiary/aromatic N) is 2. The molecule has 0 unspecified atom stereocenters. The van der Waals surface area contributed by atoms with Crippen LogP contribution in [0.1, 0.15) is 0 Å². The molecule has 66 heavy (non-hydrogen) atoms. The van der Waals surface area contributed by atoms with E-state index >= 15 is 0 Å². The Morgan fingerprint density at radius 1 is 0.273 bits per heavy atom. The van der Waals surface area contributed by atoms with Gasteiger partial charge in [0.25, 0.3) is 0 Å². The van der Waals surface area contributed by atoms with E-state index in [1.807, 2.05) is 0 Å². The molecule has 2 heterocycles. The number of rotatable bonds is 9.